The van der Waals surface area contributed by atoms with Gasteiger partial charge >= 0.3 is 6.09 Å². The van der Waals surface area contributed by atoms with Gasteiger partial charge in [0, 0.05) is 12.0 Å². The van der Waals surface area contributed by atoms with Crippen molar-refractivity contribution in [3.63, 3.8) is 0 Å². The van der Waals surface area contributed by atoms with Crippen LogP contribution in [-0.4, -0.2) is 42.5 Å². The number of nitrogens with zero attached hydrogens (tertiary/aromatic N) is 1. The molecule has 1 aliphatic rings. The zero-order chi connectivity index (χ0) is 11.6. The number of hydrogen-bond donors (Lipinski definition) is 1. The Hall–Kier alpha value is -1.10. The van der Waals surface area contributed by atoms with Crippen molar-refractivity contribution in [1.29, 1.82) is 0 Å². The van der Waals surface area contributed by atoms with Crippen LogP contribution in [0.4, 0.5) is 4.79 Å². The van der Waals surface area contributed by atoms with Crippen LogP contribution >= 0.6 is 0 Å². The summed E-state index contributed by atoms with van der Waals surface area (Å²) in [6.45, 7) is 6.31. The van der Waals surface area contributed by atoms with Gasteiger partial charge in [-0.1, -0.05) is 20.8 Å². The summed E-state index contributed by atoms with van der Waals surface area (Å²) in [5.41, 5.74) is 4.96. The van der Waals surface area contributed by atoms with E-state index in [1.165, 1.54) is 4.90 Å². The number of carbonyl (C=O) groups is 2. The van der Waals surface area contributed by atoms with E-state index in [1.807, 2.05) is 20.8 Å². The molecule has 5 heteroatoms. The first-order valence-electron chi connectivity index (χ1n) is 5.03. The maximum atomic E-state index is 11.7. The number of Topliss-reactive ketones (excluding diaryl/α,β-unsaturated/α-hetero) is 1. The smallest absolute Gasteiger partial charge is 0.410 e. The molecule has 0 spiro atoms. The van der Waals surface area contributed by atoms with E-state index in [1.54, 1.807) is 0 Å². The molecule has 15 heavy (non-hydrogen) atoms. The second kappa shape index (κ2) is 4.18. The summed E-state index contributed by atoms with van der Waals surface area (Å²) in [6, 6.07) is 0. The predicted octanol–water partition coefficient (Wildman–Crippen LogP) is 0.381. The second-order valence-corrected chi connectivity index (χ2v) is 4.80. The van der Waals surface area contributed by atoms with Crippen molar-refractivity contribution < 1.29 is 14.3 Å². The molecule has 0 aromatic carbocycles. The molecule has 1 aliphatic heterocycles. The molecular weight excluding hydrogens is 196 g/mol. The van der Waals surface area contributed by atoms with Crippen LogP contribution in [0.3, 0.4) is 0 Å². The molecule has 2 N–H and O–H groups in total. The van der Waals surface area contributed by atoms with E-state index in [0.29, 0.717) is 13.1 Å². The maximum absolute atomic E-state index is 11.7. The van der Waals surface area contributed by atoms with Gasteiger partial charge in [0.2, 0.25) is 0 Å². The summed E-state index contributed by atoms with van der Waals surface area (Å²) >= 11 is 0. The quantitative estimate of drug-likeness (QED) is 0.737. The number of ketones is 1. The average Bonchev–Trinajstić information content (AvgIpc) is 2.45. The largest absolute Gasteiger partial charge is 0.443 e. The summed E-state index contributed by atoms with van der Waals surface area (Å²) in [4.78, 5) is 24.4. The molecule has 1 unspecified atom stereocenters. The van der Waals surface area contributed by atoms with Crippen molar-refractivity contribution in [3.05, 3.63) is 0 Å². The molecule has 0 saturated carbocycles. The van der Waals surface area contributed by atoms with Crippen LogP contribution in [0, 0.1) is 5.41 Å². The van der Waals surface area contributed by atoms with E-state index in [0.717, 1.165) is 0 Å². The van der Waals surface area contributed by atoms with Crippen molar-refractivity contribution in [3.8, 4) is 0 Å². The zero-order valence-electron chi connectivity index (χ0n) is 9.45. The van der Waals surface area contributed by atoms with Crippen molar-refractivity contribution >= 4 is 11.9 Å². The third-order valence-electron chi connectivity index (χ3n) is 2.38. The summed E-state index contributed by atoms with van der Waals surface area (Å²) in [5, 5.41) is 0. The van der Waals surface area contributed by atoms with Crippen LogP contribution in [0.25, 0.3) is 0 Å². The lowest BCUT2D eigenvalue weighted by Crippen LogP contribution is -2.37. The number of cyclic esters (lactones) is 1. The van der Waals surface area contributed by atoms with Crippen LogP contribution in [0.15, 0.2) is 0 Å². The normalized spacial score (nSPS) is 21.7. The summed E-state index contributed by atoms with van der Waals surface area (Å²) in [7, 11) is 0. The molecule has 1 fully saturated rings. The molecule has 1 atom stereocenters. The Labute approximate surface area is 89.6 Å². The van der Waals surface area contributed by atoms with Gasteiger partial charge in [0.15, 0.2) is 5.78 Å². The number of nitrogens with two attached hydrogens (primary N) is 1. The SMILES string of the molecule is CC(C)(C)C(=O)CN1CC(CN)OC1=O. The molecule has 0 aromatic heterocycles. The minimum absolute atomic E-state index is 0.0251. The van der Waals surface area contributed by atoms with E-state index in [4.69, 9.17) is 10.5 Å². The fraction of sp³-hybridized carbons (Fsp3) is 0.800. The topological polar surface area (TPSA) is 72.6 Å². The lowest BCUT2D eigenvalue weighted by Gasteiger charge is -2.20. The molecular formula is C10H18N2O3. The Morgan fingerprint density at radius 1 is 1.60 bits per heavy atom. The Kier molecular flexibility index (Phi) is 3.34. The van der Waals surface area contributed by atoms with Gasteiger partial charge in [0.1, 0.15) is 6.10 Å². The highest BCUT2D eigenvalue weighted by Gasteiger charge is 2.33. The van der Waals surface area contributed by atoms with Crippen molar-refractivity contribution in [2.75, 3.05) is 19.6 Å². The second-order valence-electron chi connectivity index (χ2n) is 4.80. The van der Waals surface area contributed by atoms with E-state index in [9.17, 15) is 9.59 Å². The van der Waals surface area contributed by atoms with Gasteiger partial charge in [-0.05, 0) is 0 Å². The molecule has 5 nitrogen and oxygen atoms in total. The van der Waals surface area contributed by atoms with Gasteiger partial charge < -0.3 is 10.5 Å². The standard InChI is InChI=1S/C10H18N2O3/c1-10(2,3)8(13)6-12-5-7(4-11)15-9(12)14/h7H,4-6,11H2,1-3H3. The van der Waals surface area contributed by atoms with Gasteiger partial charge in [0.05, 0.1) is 13.1 Å². The lowest BCUT2D eigenvalue weighted by molar-refractivity contribution is -0.126. The van der Waals surface area contributed by atoms with Gasteiger partial charge in [-0.3, -0.25) is 9.69 Å². The highest BCUT2D eigenvalue weighted by atomic mass is 16.6. The molecule has 1 rings (SSSR count). The van der Waals surface area contributed by atoms with Gasteiger partial charge in [0.25, 0.3) is 0 Å². The third kappa shape index (κ3) is 2.92. The molecule has 0 radical (unpaired) electrons. The fourth-order valence-electron chi connectivity index (χ4n) is 1.24. The van der Waals surface area contributed by atoms with E-state index in [2.05, 4.69) is 0 Å². The Bertz CT molecular complexity index is 270. The molecule has 1 saturated heterocycles. The zero-order valence-corrected chi connectivity index (χ0v) is 9.45. The Morgan fingerprint density at radius 3 is 2.60 bits per heavy atom. The molecule has 0 aromatic rings. The van der Waals surface area contributed by atoms with Crippen LogP contribution in [0.5, 0.6) is 0 Å². The van der Waals surface area contributed by atoms with E-state index in [-0.39, 0.29) is 18.4 Å². The van der Waals surface area contributed by atoms with Gasteiger partial charge in [-0.2, -0.15) is 0 Å². The first kappa shape index (κ1) is 12.0. The number of hydrogen-bond acceptors (Lipinski definition) is 4. The third-order valence-corrected chi connectivity index (χ3v) is 2.38. The van der Waals surface area contributed by atoms with Gasteiger partial charge in [-0.25, -0.2) is 4.79 Å². The molecule has 1 heterocycles. The minimum Gasteiger partial charge on any atom is -0.443 e. The van der Waals surface area contributed by atoms with E-state index >= 15 is 0 Å². The van der Waals surface area contributed by atoms with Crippen LogP contribution in [0.1, 0.15) is 20.8 Å². The van der Waals surface area contributed by atoms with Crippen molar-refractivity contribution in [1.82, 2.24) is 4.90 Å². The number of carbonyl (C=O) groups excluding carboxylic acids is 2. The van der Waals surface area contributed by atoms with Crippen molar-refractivity contribution in [2.45, 2.75) is 26.9 Å². The van der Waals surface area contributed by atoms with Crippen LogP contribution in [0.2, 0.25) is 0 Å². The molecule has 0 aliphatic carbocycles. The monoisotopic (exact) mass is 214 g/mol. The van der Waals surface area contributed by atoms with Gasteiger partial charge in [-0.15, -0.1) is 0 Å². The number of rotatable bonds is 3. The summed E-state index contributed by atoms with van der Waals surface area (Å²) < 4.78 is 4.95. The molecule has 1 amide bonds. The van der Waals surface area contributed by atoms with Crippen LogP contribution < -0.4 is 5.73 Å². The number of amides is 1. The molecule has 0 bridgehead atoms. The highest BCUT2D eigenvalue weighted by molar-refractivity contribution is 5.88. The fourth-order valence-corrected chi connectivity index (χ4v) is 1.24. The van der Waals surface area contributed by atoms with Crippen molar-refractivity contribution in [2.24, 2.45) is 11.1 Å². The van der Waals surface area contributed by atoms with E-state index < -0.39 is 11.5 Å². The Balaban J connectivity index is 2.53. The molecule has 86 valence electrons. The maximum Gasteiger partial charge on any atom is 0.410 e. The highest BCUT2D eigenvalue weighted by Crippen LogP contribution is 2.17. The lowest BCUT2D eigenvalue weighted by atomic mass is 9.90. The first-order valence-corrected chi connectivity index (χ1v) is 5.03. The number of ether oxygens (including phenoxy) is 1. The summed E-state index contributed by atoms with van der Waals surface area (Å²) in [5.74, 6) is 0.0251. The Morgan fingerprint density at radius 2 is 2.20 bits per heavy atom. The van der Waals surface area contributed by atoms with Crippen LogP contribution in [-0.2, 0) is 9.53 Å². The summed E-state index contributed by atoms with van der Waals surface area (Å²) in [6.07, 6.45) is -0.715. The first-order chi connectivity index (χ1) is 6.84. The average molecular weight is 214 g/mol. The minimum atomic E-state index is -0.442. The predicted molar refractivity (Wildman–Crippen MR) is 55.4 cm³/mol.